The summed E-state index contributed by atoms with van der Waals surface area (Å²) in [6.45, 7) is 1.70. The van der Waals surface area contributed by atoms with Crippen LogP contribution in [0, 0.1) is 6.92 Å². The molecule has 1 aromatic heterocycles. The molecule has 0 atom stereocenters. The van der Waals surface area contributed by atoms with E-state index < -0.39 is 10.0 Å². The van der Waals surface area contributed by atoms with Gasteiger partial charge in [0.1, 0.15) is 17.2 Å². The number of aromatic nitrogens is 1. The van der Waals surface area contributed by atoms with E-state index in [4.69, 9.17) is 10.3 Å². The molecule has 2 aromatic rings. The number of hydrogen-bond donors (Lipinski definition) is 2. The van der Waals surface area contributed by atoms with Crippen LogP contribution in [-0.4, -0.2) is 13.6 Å². The zero-order valence-electron chi connectivity index (χ0n) is 10.1. The molecule has 1 aromatic carbocycles. The Morgan fingerprint density at radius 3 is 2.79 bits per heavy atom. The SMILES string of the molecule is Cc1cc(CS(=O)(=O)Nc2cc(N)ccc2Br)no1. The van der Waals surface area contributed by atoms with Crippen molar-refractivity contribution < 1.29 is 12.9 Å². The maximum atomic E-state index is 12.0. The monoisotopic (exact) mass is 345 g/mol. The molecule has 0 unspecified atom stereocenters. The topological polar surface area (TPSA) is 98.2 Å². The number of nitrogens with two attached hydrogens (primary N) is 1. The first-order valence-electron chi connectivity index (χ1n) is 5.33. The third-order valence-corrected chi connectivity index (χ3v) is 4.17. The number of hydrogen-bond acceptors (Lipinski definition) is 5. The van der Waals surface area contributed by atoms with Gasteiger partial charge in [0.25, 0.3) is 0 Å². The molecule has 0 radical (unpaired) electrons. The Kier molecular flexibility index (Phi) is 3.81. The van der Waals surface area contributed by atoms with Gasteiger partial charge in [-0.1, -0.05) is 5.16 Å². The number of nitrogens with one attached hydrogen (secondary N) is 1. The molecule has 0 amide bonds. The van der Waals surface area contributed by atoms with Crippen LogP contribution in [0.4, 0.5) is 11.4 Å². The molecular formula is C11H12BrN3O3S. The van der Waals surface area contributed by atoms with Crippen molar-refractivity contribution in [1.82, 2.24) is 5.16 Å². The molecule has 0 aliphatic carbocycles. The Morgan fingerprint density at radius 1 is 1.42 bits per heavy atom. The van der Waals surface area contributed by atoms with E-state index >= 15 is 0 Å². The second kappa shape index (κ2) is 5.22. The summed E-state index contributed by atoms with van der Waals surface area (Å²) in [5, 5.41) is 3.65. The molecule has 19 heavy (non-hydrogen) atoms. The van der Waals surface area contributed by atoms with Crippen LogP contribution < -0.4 is 10.5 Å². The summed E-state index contributed by atoms with van der Waals surface area (Å²) in [6.07, 6.45) is 0. The maximum Gasteiger partial charge on any atom is 0.238 e. The van der Waals surface area contributed by atoms with Crippen LogP contribution in [-0.2, 0) is 15.8 Å². The number of aryl methyl sites for hydroxylation is 1. The van der Waals surface area contributed by atoms with Crippen LogP contribution in [0.2, 0.25) is 0 Å². The van der Waals surface area contributed by atoms with E-state index in [1.165, 1.54) is 6.07 Å². The summed E-state index contributed by atoms with van der Waals surface area (Å²) >= 11 is 3.26. The Morgan fingerprint density at radius 2 is 2.16 bits per heavy atom. The Bertz CT molecular complexity index is 697. The van der Waals surface area contributed by atoms with Gasteiger partial charge in [0.05, 0.1) is 5.69 Å². The van der Waals surface area contributed by atoms with Crippen molar-refractivity contribution in [2.24, 2.45) is 0 Å². The van der Waals surface area contributed by atoms with E-state index in [9.17, 15) is 8.42 Å². The van der Waals surface area contributed by atoms with Gasteiger partial charge in [0.15, 0.2) is 0 Å². The molecule has 0 bridgehead atoms. The van der Waals surface area contributed by atoms with E-state index in [1.807, 2.05) is 0 Å². The molecule has 0 saturated heterocycles. The number of nitrogen functional groups attached to an aromatic ring is 1. The molecule has 0 saturated carbocycles. The first kappa shape index (κ1) is 13.9. The first-order chi connectivity index (χ1) is 8.85. The van der Waals surface area contributed by atoms with Crippen LogP contribution >= 0.6 is 15.9 Å². The summed E-state index contributed by atoms with van der Waals surface area (Å²) in [7, 11) is -3.57. The number of rotatable bonds is 4. The number of anilines is 2. The molecule has 6 nitrogen and oxygen atoms in total. The molecule has 8 heteroatoms. The molecule has 0 aliphatic rings. The third kappa shape index (κ3) is 3.71. The minimum absolute atomic E-state index is 0.258. The molecule has 3 N–H and O–H groups in total. The Hall–Kier alpha value is -1.54. The van der Waals surface area contributed by atoms with Crippen molar-refractivity contribution in [2.45, 2.75) is 12.7 Å². The van der Waals surface area contributed by atoms with Gasteiger partial charge in [-0.2, -0.15) is 0 Å². The highest BCUT2D eigenvalue weighted by molar-refractivity contribution is 9.10. The maximum absolute atomic E-state index is 12.0. The first-order valence-corrected chi connectivity index (χ1v) is 7.78. The molecule has 0 aliphatic heterocycles. The van der Waals surface area contributed by atoms with Crippen molar-refractivity contribution in [2.75, 3.05) is 10.5 Å². The van der Waals surface area contributed by atoms with Crippen molar-refractivity contribution in [1.29, 1.82) is 0 Å². The van der Waals surface area contributed by atoms with E-state index in [2.05, 4.69) is 25.8 Å². The molecule has 1 heterocycles. The van der Waals surface area contributed by atoms with Gasteiger partial charge >= 0.3 is 0 Å². The van der Waals surface area contributed by atoms with Gasteiger partial charge in [-0.3, -0.25) is 4.72 Å². The van der Waals surface area contributed by atoms with Crippen LogP contribution in [0.3, 0.4) is 0 Å². The normalized spacial score (nSPS) is 11.5. The largest absolute Gasteiger partial charge is 0.399 e. The van der Waals surface area contributed by atoms with Crippen molar-refractivity contribution >= 4 is 37.3 Å². The van der Waals surface area contributed by atoms with Crippen LogP contribution in [0.5, 0.6) is 0 Å². The second-order valence-corrected chi connectivity index (χ2v) is 6.61. The standard InChI is InChI=1S/C11H12BrN3O3S/c1-7-4-9(14-18-7)6-19(16,17)15-11-5-8(13)2-3-10(11)12/h2-5,15H,6,13H2,1H3. The van der Waals surface area contributed by atoms with Crippen LogP contribution in [0.25, 0.3) is 0 Å². The van der Waals surface area contributed by atoms with E-state index in [-0.39, 0.29) is 5.75 Å². The molecule has 0 spiro atoms. The van der Waals surface area contributed by atoms with Crippen molar-refractivity contribution in [3.63, 3.8) is 0 Å². The lowest BCUT2D eigenvalue weighted by molar-refractivity contribution is 0.392. The average Bonchev–Trinajstić information content (AvgIpc) is 2.68. The van der Waals surface area contributed by atoms with Gasteiger partial charge in [-0.25, -0.2) is 8.42 Å². The molecule has 2 rings (SSSR count). The average molecular weight is 346 g/mol. The van der Waals surface area contributed by atoms with Gasteiger partial charge in [-0.15, -0.1) is 0 Å². The molecule has 102 valence electrons. The smallest absolute Gasteiger partial charge is 0.238 e. The summed E-state index contributed by atoms with van der Waals surface area (Å²) in [5.41, 5.74) is 6.83. The fourth-order valence-corrected chi connectivity index (χ4v) is 3.08. The van der Waals surface area contributed by atoms with Crippen LogP contribution in [0.1, 0.15) is 11.5 Å². The number of benzene rings is 1. The van der Waals surface area contributed by atoms with Crippen molar-refractivity contribution in [3.05, 3.63) is 40.2 Å². The highest BCUT2D eigenvalue weighted by Gasteiger charge is 2.16. The summed E-state index contributed by atoms with van der Waals surface area (Å²) in [5.74, 6) is 0.307. The zero-order chi connectivity index (χ0) is 14.0. The van der Waals surface area contributed by atoms with Gasteiger partial charge in [-0.05, 0) is 41.1 Å². The summed E-state index contributed by atoms with van der Waals surface area (Å²) in [6, 6.07) is 6.46. The molecular weight excluding hydrogens is 334 g/mol. The number of nitrogens with zero attached hydrogens (tertiary/aromatic N) is 1. The predicted octanol–water partition coefficient (Wildman–Crippen LogP) is 2.27. The van der Waals surface area contributed by atoms with Gasteiger partial charge in [0, 0.05) is 16.2 Å². The number of sulfonamides is 1. The second-order valence-electron chi connectivity index (χ2n) is 4.03. The van der Waals surface area contributed by atoms with Gasteiger partial charge < -0.3 is 10.3 Å². The zero-order valence-corrected chi connectivity index (χ0v) is 12.5. The van der Waals surface area contributed by atoms with Gasteiger partial charge in [0.2, 0.25) is 10.0 Å². The predicted molar refractivity (Wildman–Crippen MR) is 76.0 cm³/mol. The minimum Gasteiger partial charge on any atom is -0.399 e. The van der Waals surface area contributed by atoms with Crippen LogP contribution in [0.15, 0.2) is 33.3 Å². The highest BCUT2D eigenvalue weighted by Crippen LogP contribution is 2.26. The third-order valence-electron chi connectivity index (χ3n) is 2.27. The van der Waals surface area contributed by atoms with Crippen molar-refractivity contribution in [3.8, 4) is 0 Å². The fourth-order valence-electron chi connectivity index (χ4n) is 1.51. The lowest BCUT2D eigenvalue weighted by Crippen LogP contribution is -2.15. The Balaban J connectivity index is 2.19. The number of halogens is 1. The Labute approximate surface area is 119 Å². The molecule has 0 fully saturated rings. The summed E-state index contributed by atoms with van der Waals surface area (Å²) < 4.78 is 31.9. The summed E-state index contributed by atoms with van der Waals surface area (Å²) in [4.78, 5) is 0. The highest BCUT2D eigenvalue weighted by atomic mass is 79.9. The fraction of sp³-hybridized carbons (Fsp3) is 0.182. The van der Waals surface area contributed by atoms with E-state index in [0.717, 1.165) is 0 Å². The van der Waals surface area contributed by atoms with E-state index in [0.29, 0.717) is 27.3 Å². The quantitative estimate of drug-likeness (QED) is 0.828. The van der Waals surface area contributed by atoms with E-state index in [1.54, 1.807) is 25.1 Å². The lowest BCUT2D eigenvalue weighted by atomic mass is 10.3. The minimum atomic E-state index is -3.57. The lowest BCUT2D eigenvalue weighted by Gasteiger charge is -2.09.